The number of rotatable bonds is 6. The van der Waals surface area contributed by atoms with E-state index in [0.29, 0.717) is 13.0 Å². The van der Waals surface area contributed by atoms with Crippen LogP contribution in [0.1, 0.15) is 31.7 Å². The molecule has 1 saturated carbocycles. The third kappa shape index (κ3) is 2.72. The van der Waals surface area contributed by atoms with Gasteiger partial charge in [0.25, 0.3) is 0 Å². The highest BCUT2D eigenvalue weighted by molar-refractivity contribution is 7.89. The summed E-state index contributed by atoms with van der Waals surface area (Å²) < 4.78 is 28.7. The number of benzene rings is 1. The molecule has 5 heteroatoms. The second kappa shape index (κ2) is 5.14. The van der Waals surface area contributed by atoms with Gasteiger partial charge in [0.1, 0.15) is 0 Å². The maximum absolute atomic E-state index is 11.9. The average Bonchev–Trinajstić information content (AvgIpc) is 3.17. The second-order valence-electron chi connectivity index (χ2n) is 6.09. The van der Waals surface area contributed by atoms with Crippen LogP contribution >= 0.6 is 0 Å². The van der Waals surface area contributed by atoms with Crippen LogP contribution in [-0.2, 0) is 22.5 Å². The second-order valence-corrected chi connectivity index (χ2v) is 8.02. The number of hydrogen-bond donors (Lipinski definition) is 1. The van der Waals surface area contributed by atoms with Gasteiger partial charge in [-0.15, -0.1) is 0 Å². The van der Waals surface area contributed by atoms with Crippen LogP contribution in [0, 0.1) is 0 Å². The van der Waals surface area contributed by atoms with E-state index in [2.05, 4.69) is 27.6 Å². The zero-order valence-corrected chi connectivity index (χ0v) is 13.4. The van der Waals surface area contributed by atoms with E-state index < -0.39 is 10.0 Å². The summed E-state index contributed by atoms with van der Waals surface area (Å²) in [5.74, 6) is 0.207. The van der Waals surface area contributed by atoms with E-state index >= 15 is 0 Å². The minimum Gasteiger partial charge on any atom is -0.350 e. The van der Waals surface area contributed by atoms with Crippen LogP contribution < -0.4 is 4.72 Å². The standard InChI is InChI=1S/C16H22N2O2S/c1-3-10-21(19,20)17-12-16(8-9-16)14-11-18(2)15-7-5-4-6-13(14)15/h4-7,11,17H,3,8-10,12H2,1-2H3. The molecule has 1 aromatic carbocycles. The smallest absolute Gasteiger partial charge is 0.211 e. The summed E-state index contributed by atoms with van der Waals surface area (Å²) in [7, 11) is -1.09. The van der Waals surface area contributed by atoms with Crippen LogP contribution in [0.3, 0.4) is 0 Å². The van der Waals surface area contributed by atoms with E-state index in [1.165, 1.54) is 16.5 Å². The molecular formula is C16H22N2O2S. The van der Waals surface area contributed by atoms with Crippen LogP contribution in [0.4, 0.5) is 0 Å². The molecule has 3 rings (SSSR count). The Hall–Kier alpha value is -1.33. The third-order valence-corrected chi connectivity index (χ3v) is 5.96. The molecule has 0 unspecified atom stereocenters. The molecule has 0 aliphatic heterocycles. The van der Waals surface area contributed by atoms with E-state index in [1.54, 1.807) is 0 Å². The minimum absolute atomic E-state index is 0.0122. The molecule has 21 heavy (non-hydrogen) atoms. The van der Waals surface area contributed by atoms with Gasteiger partial charge in [0, 0.05) is 36.1 Å². The maximum atomic E-state index is 11.9. The highest BCUT2D eigenvalue weighted by atomic mass is 32.2. The Balaban J connectivity index is 1.88. The molecule has 0 bridgehead atoms. The first-order valence-electron chi connectivity index (χ1n) is 7.49. The van der Waals surface area contributed by atoms with E-state index in [-0.39, 0.29) is 11.2 Å². The summed E-state index contributed by atoms with van der Waals surface area (Å²) in [5.41, 5.74) is 2.47. The number of aryl methyl sites for hydroxylation is 1. The molecule has 1 aliphatic carbocycles. The Bertz CT molecular complexity index is 758. The molecule has 1 aromatic heterocycles. The van der Waals surface area contributed by atoms with Crippen LogP contribution in [0.2, 0.25) is 0 Å². The Morgan fingerprint density at radius 3 is 2.67 bits per heavy atom. The molecule has 1 N–H and O–H groups in total. The topological polar surface area (TPSA) is 51.1 Å². The van der Waals surface area contributed by atoms with E-state index in [9.17, 15) is 8.42 Å². The summed E-state index contributed by atoms with van der Waals surface area (Å²) in [5, 5.41) is 1.24. The van der Waals surface area contributed by atoms with E-state index in [4.69, 9.17) is 0 Å². The predicted octanol–water partition coefficient (Wildman–Crippen LogP) is 2.54. The number of nitrogens with zero attached hydrogens (tertiary/aromatic N) is 1. The first kappa shape index (κ1) is 14.6. The lowest BCUT2D eigenvalue weighted by Crippen LogP contribution is -2.33. The Morgan fingerprint density at radius 2 is 2.00 bits per heavy atom. The highest BCUT2D eigenvalue weighted by Gasteiger charge is 2.46. The number of nitrogens with one attached hydrogen (secondary N) is 1. The van der Waals surface area contributed by atoms with Crippen LogP contribution in [0.25, 0.3) is 10.9 Å². The first-order valence-corrected chi connectivity index (χ1v) is 9.14. The molecule has 1 fully saturated rings. The number of aromatic nitrogens is 1. The van der Waals surface area contributed by atoms with Gasteiger partial charge in [0.2, 0.25) is 10.0 Å². The van der Waals surface area contributed by atoms with Crippen molar-refractivity contribution in [2.75, 3.05) is 12.3 Å². The van der Waals surface area contributed by atoms with Gasteiger partial charge in [-0.1, -0.05) is 25.1 Å². The number of hydrogen-bond acceptors (Lipinski definition) is 2. The van der Waals surface area contributed by atoms with Crippen LogP contribution in [0.5, 0.6) is 0 Å². The molecule has 1 aliphatic rings. The predicted molar refractivity (Wildman–Crippen MR) is 85.9 cm³/mol. The molecule has 4 nitrogen and oxygen atoms in total. The molecule has 0 saturated heterocycles. The van der Waals surface area contributed by atoms with Gasteiger partial charge in [0.15, 0.2) is 0 Å². The van der Waals surface area contributed by atoms with Gasteiger partial charge in [0.05, 0.1) is 5.75 Å². The lowest BCUT2D eigenvalue weighted by Gasteiger charge is -2.15. The van der Waals surface area contributed by atoms with Crippen molar-refractivity contribution in [2.45, 2.75) is 31.6 Å². The fourth-order valence-electron chi connectivity index (χ4n) is 3.05. The largest absolute Gasteiger partial charge is 0.350 e. The molecular weight excluding hydrogens is 284 g/mol. The number of fused-ring (bicyclic) bond motifs is 1. The summed E-state index contributed by atoms with van der Waals surface area (Å²) in [6.07, 6.45) is 4.91. The normalized spacial score (nSPS) is 17.2. The lowest BCUT2D eigenvalue weighted by molar-refractivity contribution is 0.566. The summed E-state index contributed by atoms with van der Waals surface area (Å²) in [4.78, 5) is 0. The first-order chi connectivity index (χ1) is 9.97. The highest BCUT2D eigenvalue weighted by Crippen LogP contribution is 2.50. The minimum atomic E-state index is -3.14. The van der Waals surface area contributed by atoms with Crippen LogP contribution in [-0.4, -0.2) is 25.3 Å². The van der Waals surface area contributed by atoms with Crippen molar-refractivity contribution in [3.8, 4) is 0 Å². The van der Waals surface area contributed by atoms with Crippen molar-refractivity contribution in [2.24, 2.45) is 7.05 Å². The van der Waals surface area contributed by atoms with Gasteiger partial charge >= 0.3 is 0 Å². The fourth-order valence-corrected chi connectivity index (χ4v) is 4.22. The van der Waals surface area contributed by atoms with Crippen molar-refractivity contribution in [3.63, 3.8) is 0 Å². The van der Waals surface area contributed by atoms with Crippen molar-refractivity contribution >= 4 is 20.9 Å². The third-order valence-electron chi connectivity index (χ3n) is 4.43. The van der Waals surface area contributed by atoms with Crippen molar-refractivity contribution in [1.29, 1.82) is 0 Å². The molecule has 0 amide bonds. The number of para-hydroxylation sites is 1. The molecule has 1 heterocycles. The zero-order chi connectivity index (χ0) is 15.1. The Labute approximate surface area is 126 Å². The van der Waals surface area contributed by atoms with Crippen molar-refractivity contribution in [3.05, 3.63) is 36.0 Å². The van der Waals surface area contributed by atoms with Crippen LogP contribution in [0.15, 0.2) is 30.5 Å². The molecule has 0 radical (unpaired) electrons. The monoisotopic (exact) mass is 306 g/mol. The summed E-state index contributed by atoms with van der Waals surface area (Å²) in [6, 6.07) is 8.32. The quantitative estimate of drug-likeness (QED) is 0.891. The van der Waals surface area contributed by atoms with Crippen molar-refractivity contribution in [1.82, 2.24) is 9.29 Å². The van der Waals surface area contributed by atoms with Gasteiger partial charge in [-0.3, -0.25) is 0 Å². The maximum Gasteiger partial charge on any atom is 0.211 e. The molecule has 2 aromatic rings. The molecule has 0 spiro atoms. The summed E-state index contributed by atoms with van der Waals surface area (Å²) in [6.45, 7) is 2.40. The van der Waals surface area contributed by atoms with Gasteiger partial charge < -0.3 is 4.57 Å². The Kier molecular flexibility index (Phi) is 3.58. The molecule has 114 valence electrons. The average molecular weight is 306 g/mol. The van der Waals surface area contributed by atoms with Gasteiger partial charge in [-0.25, -0.2) is 13.1 Å². The van der Waals surface area contributed by atoms with Crippen molar-refractivity contribution < 1.29 is 8.42 Å². The zero-order valence-electron chi connectivity index (χ0n) is 12.6. The number of sulfonamides is 1. The van der Waals surface area contributed by atoms with Gasteiger partial charge in [-0.05, 0) is 30.9 Å². The van der Waals surface area contributed by atoms with E-state index in [0.717, 1.165) is 12.8 Å². The van der Waals surface area contributed by atoms with Gasteiger partial charge in [-0.2, -0.15) is 0 Å². The summed E-state index contributed by atoms with van der Waals surface area (Å²) >= 11 is 0. The van der Waals surface area contributed by atoms with E-state index in [1.807, 2.05) is 26.1 Å². The fraction of sp³-hybridized carbons (Fsp3) is 0.500. The SMILES string of the molecule is CCCS(=O)(=O)NCC1(c2cn(C)c3ccccc23)CC1. The Morgan fingerprint density at radius 1 is 1.29 bits per heavy atom. The molecule has 0 atom stereocenters. The lowest BCUT2D eigenvalue weighted by atomic mass is 9.96.